The van der Waals surface area contributed by atoms with Crippen LogP contribution >= 0.6 is 11.3 Å². The number of aryl methyl sites for hydroxylation is 2. The first-order chi connectivity index (χ1) is 13.4. The second-order valence-corrected chi connectivity index (χ2v) is 7.78. The highest BCUT2D eigenvalue weighted by Crippen LogP contribution is 2.35. The standard InChI is InChI=1S/C21H24N2O4S/c1-5-26-10-11-27-21(25)14(3)23-12-22-19-18(20(23)24)17(15(4)28-19)16-8-6-13(2)7-9-16/h6-9,12,14H,5,10-11H2,1-4H3. The molecular weight excluding hydrogens is 376 g/mol. The summed E-state index contributed by atoms with van der Waals surface area (Å²) in [6.45, 7) is 8.58. The molecule has 3 aromatic rings. The summed E-state index contributed by atoms with van der Waals surface area (Å²) < 4.78 is 11.7. The number of ether oxygens (including phenoxy) is 2. The van der Waals surface area contributed by atoms with Gasteiger partial charge in [-0.2, -0.15) is 0 Å². The van der Waals surface area contributed by atoms with Crippen molar-refractivity contribution >= 4 is 27.5 Å². The van der Waals surface area contributed by atoms with Gasteiger partial charge in [0.25, 0.3) is 5.56 Å². The Morgan fingerprint density at radius 1 is 1.21 bits per heavy atom. The molecule has 0 saturated heterocycles. The summed E-state index contributed by atoms with van der Waals surface area (Å²) in [5.41, 5.74) is 2.76. The summed E-state index contributed by atoms with van der Waals surface area (Å²) in [4.78, 5) is 31.7. The molecule has 3 rings (SSSR count). The Bertz CT molecular complexity index is 1040. The van der Waals surface area contributed by atoms with Crippen molar-refractivity contribution in [2.24, 2.45) is 0 Å². The average molecular weight is 401 g/mol. The lowest BCUT2D eigenvalue weighted by Gasteiger charge is -2.14. The summed E-state index contributed by atoms with van der Waals surface area (Å²) in [6.07, 6.45) is 1.42. The Labute approximate surface area is 167 Å². The number of thiophene rings is 1. The number of esters is 1. The lowest BCUT2D eigenvalue weighted by Crippen LogP contribution is -2.30. The minimum absolute atomic E-state index is 0.160. The van der Waals surface area contributed by atoms with Crippen LogP contribution in [0.15, 0.2) is 35.4 Å². The molecule has 0 saturated carbocycles. The lowest BCUT2D eigenvalue weighted by molar-refractivity contribution is -0.148. The molecule has 0 spiro atoms. The zero-order chi connectivity index (χ0) is 20.3. The van der Waals surface area contributed by atoms with Gasteiger partial charge in [-0.25, -0.2) is 9.78 Å². The largest absolute Gasteiger partial charge is 0.462 e. The highest BCUT2D eigenvalue weighted by atomic mass is 32.1. The summed E-state index contributed by atoms with van der Waals surface area (Å²) >= 11 is 1.48. The number of nitrogens with zero attached hydrogens (tertiary/aromatic N) is 2. The number of aromatic nitrogens is 2. The third-order valence-electron chi connectivity index (χ3n) is 4.59. The number of hydrogen-bond donors (Lipinski definition) is 0. The van der Waals surface area contributed by atoms with Crippen LogP contribution in [0.1, 0.15) is 30.3 Å². The van der Waals surface area contributed by atoms with Crippen LogP contribution in [0.25, 0.3) is 21.3 Å². The van der Waals surface area contributed by atoms with E-state index in [0.29, 0.717) is 23.4 Å². The fourth-order valence-corrected chi connectivity index (χ4v) is 4.04. The molecule has 1 aromatic carbocycles. The van der Waals surface area contributed by atoms with Gasteiger partial charge in [-0.3, -0.25) is 9.36 Å². The maximum absolute atomic E-state index is 13.2. The number of fused-ring (bicyclic) bond motifs is 1. The summed E-state index contributed by atoms with van der Waals surface area (Å²) in [5, 5.41) is 0.544. The molecule has 28 heavy (non-hydrogen) atoms. The van der Waals surface area contributed by atoms with Crippen LogP contribution in [-0.4, -0.2) is 35.3 Å². The highest BCUT2D eigenvalue weighted by Gasteiger charge is 2.22. The van der Waals surface area contributed by atoms with Crippen LogP contribution in [0.2, 0.25) is 0 Å². The molecule has 0 aliphatic rings. The van der Waals surface area contributed by atoms with Crippen molar-refractivity contribution < 1.29 is 14.3 Å². The molecule has 7 heteroatoms. The number of hydrogen-bond acceptors (Lipinski definition) is 6. The van der Waals surface area contributed by atoms with E-state index in [2.05, 4.69) is 4.98 Å². The van der Waals surface area contributed by atoms with E-state index in [4.69, 9.17) is 9.47 Å². The molecule has 0 N–H and O–H groups in total. The molecule has 2 heterocycles. The van der Waals surface area contributed by atoms with Gasteiger partial charge in [-0.1, -0.05) is 29.8 Å². The molecule has 0 fully saturated rings. The third kappa shape index (κ3) is 4.00. The van der Waals surface area contributed by atoms with Gasteiger partial charge in [0.05, 0.1) is 18.3 Å². The van der Waals surface area contributed by atoms with E-state index in [-0.39, 0.29) is 12.2 Å². The quantitative estimate of drug-likeness (QED) is 0.445. The first-order valence-corrected chi connectivity index (χ1v) is 10.1. The van der Waals surface area contributed by atoms with Crippen LogP contribution in [0.4, 0.5) is 0 Å². The Hall–Kier alpha value is -2.51. The van der Waals surface area contributed by atoms with Gasteiger partial charge in [-0.05, 0) is 33.3 Å². The van der Waals surface area contributed by atoms with Crippen molar-refractivity contribution in [1.29, 1.82) is 0 Å². The first kappa shape index (κ1) is 20.2. The van der Waals surface area contributed by atoms with E-state index < -0.39 is 12.0 Å². The van der Waals surface area contributed by atoms with E-state index >= 15 is 0 Å². The second kappa shape index (κ2) is 8.67. The predicted molar refractivity (Wildman–Crippen MR) is 111 cm³/mol. The van der Waals surface area contributed by atoms with Crippen molar-refractivity contribution in [1.82, 2.24) is 9.55 Å². The van der Waals surface area contributed by atoms with Gasteiger partial charge in [0, 0.05) is 17.0 Å². The van der Waals surface area contributed by atoms with Crippen molar-refractivity contribution in [2.75, 3.05) is 19.8 Å². The normalized spacial score (nSPS) is 12.3. The van der Waals surface area contributed by atoms with Crippen LogP contribution in [-0.2, 0) is 14.3 Å². The van der Waals surface area contributed by atoms with E-state index in [1.165, 1.54) is 22.2 Å². The van der Waals surface area contributed by atoms with Gasteiger partial charge < -0.3 is 9.47 Å². The van der Waals surface area contributed by atoms with Crippen LogP contribution in [0.3, 0.4) is 0 Å². The number of carbonyl (C=O) groups is 1. The van der Waals surface area contributed by atoms with Gasteiger partial charge in [0.15, 0.2) is 0 Å². The molecule has 0 bridgehead atoms. The Morgan fingerprint density at radius 2 is 1.93 bits per heavy atom. The van der Waals surface area contributed by atoms with Gasteiger partial charge in [-0.15, -0.1) is 11.3 Å². The van der Waals surface area contributed by atoms with Crippen LogP contribution in [0, 0.1) is 13.8 Å². The van der Waals surface area contributed by atoms with Gasteiger partial charge >= 0.3 is 5.97 Å². The molecular formula is C21H24N2O4S. The minimum Gasteiger partial charge on any atom is -0.462 e. The molecule has 1 atom stereocenters. The van der Waals surface area contributed by atoms with E-state index in [1.807, 2.05) is 45.0 Å². The maximum atomic E-state index is 13.2. The van der Waals surface area contributed by atoms with Crippen LogP contribution < -0.4 is 5.56 Å². The highest BCUT2D eigenvalue weighted by molar-refractivity contribution is 7.19. The van der Waals surface area contributed by atoms with E-state index in [0.717, 1.165) is 21.6 Å². The summed E-state index contributed by atoms with van der Waals surface area (Å²) in [5.74, 6) is -0.480. The Morgan fingerprint density at radius 3 is 2.61 bits per heavy atom. The molecule has 0 radical (unpaired) electrons. The minimum atomic E-state index is -0.767. The average Bonchev–Trinajstić information content (AvgIpc) is 3.02. The fraction of sp³-hybridized carbons (Fsp3) is 0.381. The molecule has 1 unspecified atom stereocenters. The van der Waals surface area contributed by atoms with Crippen LogP contribution in [0.5, 0.6) is 0 Å². The Kier molecular flexibility index (Phi) is 6.26. The molecule has 0 amide bonds. The number of rotatable bonds is 7. The third-order valence-corrected chi connectivity index (χ3v) is 5.60. The van der Waals surface area contributed by atoms with E-state index in [9.17, 15) is 9.59 Å². The molecule has 0 aliphatic heterocycles. The maximum Gasteiger partial charge on any atom is 0.329 e. The predicted octanol–water partition coefficient (Wildman–Crippen LogP) is 3.88. The number of carbonyl (C=O) groups excluding carboxylic acids is 1. The summed E-state index contributed by atoms with van der Waals surface area (Å²) in [7, 11) is 0. The molecule has 148 valence electrons. The lowest BCUT2D eigenvalue weighted by atomic mass is 10.0. The van der Waals surface area contributed by atoms with Crippen molar-refractivity contribution in [3.05, 3.63) is 51.4 Å². The number of benzene rings is 1. The van der Waals surface area contributed by atoms with Crippen molar-refractivity contribution in [3.63, 3.8) is 0 Å². The second-order valence-electron chi connectivity index (χ2n) is 6.58. The fourth-order valence-electron chi connectivity index (χ4n) is 3.04. The SMILES string of the molecule is CCOCCOC(=O)C(C)n1cnc2sc(C)c(-c3ccc(C)cc3)c2c1=O. The van der Waals surface area contributed by atoms with Crippen molar-refractivity contribution in [3.8, 4) is 11.1 Å². The van der Waals surface area contributed by atoms with Gasteiger partial charge in [0.2, 0.25) is 0 Å². The summed E-state index contributed by atoms with van der Waals surface area (Å²) in [6, 6.07) is 7.28. The monoisotopic (exact) mass is 400 g/mol. The topological polar surface area (TPSA) is 70.4 Å². The molecule has 2 aromatic heterocycles. The van der Waals surface area contributed by atoms with E-state index in [1.54, 1.807) is 6.92 Å². The smallest absolute Gasteiger partial charge is 0.329 e. The van der Waals surface area contributed by atoms with Crippen molar-refractivity contribution in [2.45, 2.75) is 33.7 Å². The first-order valence-electron chi connectivity index (χ1n) is 9.25. The zero-order valence-corrected chi connectivity index (χ0v) is 17.3. The Balaban J connectivity index is 1.98. The molecule has 0 aliphatic carbocycles. The molecule has 6 nitrogen and oxygen atoms in total. The van der Waals surface area contributed by atoms with Gasteiger partial charge in [0.1, 0.15) is 17.5 Å². The zero-order valence-electron chi connectivity index (χ0n) is 16.5.